The number of nitrogens with zero attached hydrogens (tertiary/aromatic N) is 3. The molecule has 258 valence electrons. The SMILES string of the molecule is CCCCCCCCCCCCCCCCCCCC(=O)OC[N+]1(C)CCN(C2=Nc3ccccc3Nc3sc(C)cc32)CC1.[I-]. The van der Waals surface area contributed by atoms with Crippen LogP contribution >= 0.6 is 11.3 Å². The van der Waals surface area contributed by atoms with E-state index in [4.69, 9.17) is 9.73 Å². The van der Waals surface area contributed by atoms with Gasteiger partial charge in [0.2, 0.25) is 6.73 Å². The molecule has 0 bridgehead atoms. The Morgan fingerprint density at radius 2 is 1.41 bits per heavy atom. The summed E-state index contributed by atoms with van der Waals surface area (Å²) in [5, 5.41) is 4.77. The van der Waals surface area contributed by atoms with Crippen molar-refractivity contribution in [2.75, 3.05) is 45.3 Å². The Labute approximate surface area is 301 Å². The number of thiophene rings is 1. The highest BCUT2D eigenvalue weighted by Gasteiger charge is 2.33. The molecule has 0 unspecified atom stereocenters. The molecule has 8 heteroatoms. The van der Waals surface area contributed by atoms with Gasteiger partial charge in [-0.1, -0.05) is 122 Å². The Morgan fingerprint density at radius 3 is 2.00 bits per heavy atom. The molecule has 2 aliphatic rings. The van der Waals surface area contributed by atoms with Crippen LogP contribution in [-0.2, 0) is 9.53 Å². The number of aliphatic imine (C=N–C) groups is 1. The second-order valence-corrected chi connectivity index (χ2v) is 15.0. The molecule has 0 saturated carbocycles. The van der Waals surface area contributed by atoms with Gasteiger partial charge >= 0.3 is 5.97 Å². The summed E-state index contributed by atoms with van der Waals surface area (Å²) in [5.41, 5.74) is 3.22. The van der Waals surface area contributed by atoms with E-state index in [1.807, 2.05) is 6.07 Å². The number of halogens is 1. The number of quaternary nitrogens is 1. The van der Waals surface area contributed by atoms with Crippen molar-refractivity contribution in [3.05, 3.63) is 40.8 Å². The third-order valence-electron chi connectivity index (χ3n) is 9.62. The average molecular weight is 765 g/mol. The third kappa shape index (κ3) is 13.1. The molecule has 3 heterocycles. The van der Waals surface area contributed by atoms with E-state index in [-0.39, 0.29) is 29.9 Å². The smallest absolute Gasteiger partial charge is 0.310 e. The first-order valence-corrected chi connectivity index (χ1v) is 19.1. The Hall–Kier alpha value is -1.65. The van der Waals surface area contributed by atoms with Gasteiger partial charge in [-0.3, -0.25) is 9.28 Å². The summed E-state index contributed by atoms with van der Waals surface area (Å²) in [4.78, 5) is 21.3. The average Bonchev–Trinajstić information content (AvgIpc) is 3.33. The van der Waals surface area contributed by atoms with Crippen LogP contribution in [0.25, 0.3) is 0 Å². The standard InChI is InChI=1S/C38H61N4O2S.HI/c1-4-5-6-7-8-9-10-11-12-13-14-15-16-17-18-19-20-25-36(43)44-31-42(3)28-26-41(27-29-42)37-33-30-32(2)45-38(33)40-35-24-22-21-23-34(35)39-37;/h21-24,30,40H,4-20,25-29,31H2,1-3H3;1H/q+1;/p-1. The fourth-order valence-electron chi connectivity index (χ4n) is 6.57. The minimum absolute atomic E-state index is 0. The number of para-hydroxylation sites is 2. The van der Waals surface area contributed by atoms with Crippen LogP contribution in [0.4, 0.5) is 16.4 Å². The van der Waals surface area contributed by atoms with Crippen LogP contribution in [-0.4, -0.2) is 61.1 Å². The van der Waals surface area contributed by atoms with Gasteiger partial charge in [0, 0.05) is 11.3 Å². The van der Waals surface area contributed by atoms with Crippen LogP contribution in [0.1, 0.15) is 133 Å². The second kappa shape index (κ2) is 21.3. The lowest BCUT2D eigenvalue weighted by Gasteiger charge is -2.42. The molecule has 0 spiro atoms. The van der Waals surface area contributed by atoms with Gasteiger partial charge < -0.3 is 38.9 Å². The molecule has 1 N–H and O–H groups in total. The number of fused-ring (bicyclic) bond motifs is 2. The normalized spacial score (nSPS) is 15.2. The molecule has 46 heavy (non-hydrogen) atoms. The van der Waals surface area contributed by atoms with Crippen molar-refractivity contribution in [1.29, 1.82) is 0 Å². The van der Waals surface area contributed by atoms with Gasteiger partial charge in [-0.2, -0.15) is 0 Å². The van der Waals surface area contributed by atoms with E-state index in [2.05, 4.69) is 55.4 Å². The van der Waals surface area contributed by atoms with E-state index in [0.29, 0.717) is 13.2 Å². The van der Waals surface area contributed by atoms with E-state index in [1.54, 1.807) is 11.3 Å². The van der Waals surface area contributed by atoms with Crippen LogP contribution in [0.5, 0.6) is 0 Å². The summed E-state index contributed by atoms with van der Waals surface area (Å²) in [5.74, 6) is 1.01. The molecule has 1 aromatic heterocycles. The summed E-state index contributed by atoms with van der Waals surface area (Å²) in [6.45, 7) is 8.55. The number of amidine groups is 1. The first kappa shape index (κ1) is 38.8. The van der Waals surface area contributed by atoms with Crippen LogP contribution in [0, 0.1) is 6.92 Å². The van der Waals surface area contributed by atoms with Gasteiger partial charge in [0.15, 0.2) is 0 Å². The lowest BCUT2D eigenvalue weighted by Crippen LogP contribution is -3.00. The number of hydrogen-bond donors (Lipinski definition) is 1. The number of aryl methyl sites for hydroxylation is 1. The molecule has 0 amide bonds. The zero-order valence-electron chi connectivity index (χ0n) is 29.1. The highest BCUT2D eigenvalue weighted by atomic mass is 127. The summed E-state index contributed by atoms with van der Waals surface area (Å²) in [7, 11) is 2.21. The topological polar surface area (TPSA) is 53.9 Å². The van der Waals surface area contributed by atoms with E-state index in [0.717, 1.165) is 65.7 Å². The van der Waals surface area contributed by atoms with E-state index in [9.17, 15) is 4.79 Å². The number of ether oxygens (including phenoxy) is 1. The second-order valence-electron chi connectivity index (χ2n) is 13.8. The van der Waals surface area contributed by atoms with Crippen molar-refractivity contribution in [3.63, 3.8) is 0 Å². The fourth-order valence-corrected chi connectivity index (χ4v) is 7.49. The molecular weight excluding hydrogens is 703 g/mol. The molecular formula is C38H61IN4O2S. The number of piperazine rings is 1. The number of unbranched alkanes of at least 4 members (excludes halogenated alkanes) is 16. The molecule has 1 aromatic carbocycles. The molecule has 1 fully saturated rings. The maximum atomic E-state index is 12.5. The van der Waals surface area contributed by atoms with Gasteiger partial charge in [-0.15, -0.1) is 11.3 Å². The Kier molecular flexibility index (Phi) is 18.0. The Bertz CT molecular complexity index is 1190. The van der Waals surface area contributed by atoms with Crippen molar-refractivity contribution in [3.8, 4) is 0 Å². The van der Waals surface area contributed by atoms with Crippen molar-refractivity contribution in [1.82, 2.24) is 4.90 Å². The Balaban J connectivity index is 0.00000576. The summed E-state index contributed by atoms with van der Waals surface area (Å²) in [6.07, 6.45) is 23.5. The van der Waals surface area contributed by atoms with E-state index in [1.165, 1.54) is 107 Å². The summed E-state index contributed by atoms with van der Waals surface area (Å²) >= 11 is 1.78. The molecule has 1 saturated heterocycles. The number of likely N-dealkylation sites (N-methyl/N-ethyl adjacent to an activating group) is 1. The molecule has 4 rings (SSSR count). The molecule has 0 atom stereocenters. The van der Waals surface area contributed by atoms with Crippen molar-refractivity contribution < 1.29 is 38.0 Å². The first-order chi connectivity index (χ1) is 22.0. The van der Waals surface area contributed by atoms with Gasteiger partial charge in [-0.05, 0) is 31.5 Å². The fraction of sp³-hybridized carbons (Fsp3) is 0.684. The summed E-state index contributed by atoms with van der Waals surface area (Å²) < 4.78 is 6.56. The van der Waals surface area contributed by atoms with Crippen molar-refractivity contribution in [2.24, 2.45) is 4.99 Å². The summed E-state index contributed by atoms with van der Waals surface area (Å²) in [6, 6.07) is 10.5. The predicted molar refractivity (Wildman–Crippen MR) is 192 cm³/mol. The van der Waals surface area contributed by atoms with Crippen molar-refractivity contribution >= 4 is 39.5 Å². The van der Waals surface area contributed by atoms with Crippen LogP contribution < -0.4 is 29.3 Å². The largest absolute Gasteiger partial charge is 1.00 e. The molecule has 6 nitrogen and oxygen atoms in total. The number of nitrogens with one attached hydrogen (secondary N) is 1. The third-order valence-corrected chi connectivity index (χ3v) is 10.6. The van der Waals surface area contributed by atoms with Crippen LogP contribution in [0.3, 0.4) is 0 Å². The van der Waals surface area contributed by atoms with Crippen LogP contribution in [0.2, 0.25) is 0 Å². The predicted octanol–water partition coefficient (Wildman–Crippen LogP) is 7.50. The van der Waals surface area contributed by atoms with Gasteiger partial charge in [0.1, 0.15) is 10.8 Å². The zero-order valence-corrected chi connectivity index (χ0v) is 32.1. The number of carbonyl (C=O) groups is 1. The van der Waals surface area contributed by atoms with Gasteiger partial charge in [-0.25, -0.2) is 4.99 Å². The van der Waals surface area contributed by atoms with Crippen molar-refractivity contribution in [2.45, 2.75) is 129 Å². The highest BCUT2D eigenvalue weighted by molar-refractivity contribution is 7.16. The molecule has 2 aromatic rings. The van der Waals surface area contributed by atoms with E-state index >= 15 is 0 Å². The zero-order chi connectivity index (χ0) is 31.7. The number of hydrogen-bond acceptors (Lipinski definition) is 6. The quantitative estimate of drug-likeness (QED) is 0.0658. The number of carbonyl (C=O) groups excluding carboxylic acids is 1. The first-order valence-electron chi connectivity index (χ1n) is 18.3. The maximum absolute atomic E-state index is 12.5. The van der Waals surface area contributed by atoms with Gasteiger partial charge in [0.05, 0.1) is 50.2 Å². The highest BCUT2D eigenvalue weighted by Crippen LogP contribution is 2.39. The van der Waals surface area contributed by atoms with Crippen LogP contribution in [0.15, 0.2) is 35.3 Å². The lowest BCUT2D eigenvalue weighted by atomic mass is 10.0. The minimum Gasteiger partial charge on any atom is -1.00 e. The molecule has 0 aliphatic carbocycles. The molecule has 0 radical (unpaired) electrons. The van der Waals surface area contributed by atoms with E-state index < -0.39 is 0 Å². The minimum atomic E-state index is -0.0352. The monoisotopic (exact) mass is 764 g/mol. The molecule has 2 aliphatic heterocycles. The number of benzene rings is 1. The number of anilines is 2. The maximum Gasteiger partial charge on any atom is 0.310 e. The number of rotatable bonds is 20. The number of esters is 1. The lowest BCUT2D eigenvalue weighted by molar-refractivity contribution is -0.929. The Morgan fingerprint density at radius 1 is 0.870 bits per heavy atom. The van der Waals surface area contributed by atoms with Gasteiger partial charge in [0.25, 0.3) is 0 Å².